The molecule has 1 saturated heterocycles. The molecule has 142 valence electrons. The van der Waals surface area contributed by atoms with E-state index >= 15 is 0 Å². The Hall–Kier alpha value is -1.72. The van der Waals surface area contributed by atoms with Crippen molar-refractivity contribution in [3.8, 4) is 0 Å². The second kappa shape index (κ2) is 8.59. The quantitative estimate of drug-likeness (QED) is 0.468. The average Bonchev–Trinajstić information content (AvgIpc) is 2.86. The molecule has 1 amide bonds. The van der Waals surface area contributed by atoms with Crippen molar-refractivity contribution >= 4 is 5.91 Å². The van der Waals surface area contributed by atoms with Gasteiger partial charge in [0.1, 0.15) is 36.7 Å². The molecule has 0 aliphatic carbocycles. The number of hydrogen-bond acceptors (Lipinski definition) is 9. The van der Waals surface area contributed by atoms with E-state index in [4.69, 9.17) is 13.9 Å². The molecule has 1 fully saturated rings. The van der Waals surface area contributed by atoms with Gasteiger partial charge in [-0.25, -0.2) is 4.79 Å². The zero-order valence-corrected chi connectivity index (χ0v) is 14.0. The van der Waals surface area contributed by atoms with Gasteiger partial charge >= 0.3 is 5.82 Å². The highest BCUT2D eigenvalue weighted by molar-refractivity contribution is 5.76. The van der Waals surface area contributed by atoms with Gasteiger partial charge in [0.05, 0.1) is 6.61 Å². The lowest BCUT2D eigenvalue weighted by molar-refractivity contribution is -0.257. The Balaban J connectivity index is 1.88. The van der Waals surface area contributed by atoms with Crippen molar-refractivity contribution in [3.05, 3.63) is 22.1 Å². The first-order valence-electron chi connectivity index (χ1n) is 7.99. The average molecular weight is 361 g/mol. The van der Waals surface area contributed by atoms with Crippen molar-refractivity contribution in [1.29, 1.82) is 0 Å². The van der Waals surface area contributed by atoms with Crippen LogP contribution in [-0.2, 0) is 20.9 Å². The molecule has 1 aliphatic rings. The van der Waals surface area contributed by atoms with Crippen LogP contribution >= 0.6 is 0 Å². The molecule has 1 aromatic rings. The third-order valence-electron chi connectivity index (χ3n) is 3.88. The summed E-state index contributed by atoms with van der Waals surface area (Å²) >= 11 is 0. The second-order valence-corrected chi connectivity index (χ2v) is 5.84. The molecule has 0 bridgehead atoms. The molecule has 10 heteroatoms. The summed E-state index contributed by atoms with van der Waals surface area (Å²) < 4.78 is 20.0. The number of carbonyl (C=O) groups is 1. The summed E-state index contributed by atoms with van der Waals surface area (Å²) in [6, 6.07) is -1.14. The molecule has 25 heavy (non-hydrogen) atoms. The minimum Gasteiger partial charge on any atom is -0.396 e. The molecule has 10 nitrogen and oxygen atoms in total. The fourth-order valence-corrected chi connectivity index (χ4v) is 2.50. The Kier molecular flexibility index (Phi) is 6.73. The third kappa shape index (κ3) is 4.89. The summed E-state index contributed by atoms with van der Waals surface area (Å²) in [5, 5.41) is 32.6. The van der Waals surface area contributed by atoms with Gasteiger partial charge in [-0.2, -0.15) is 0 Å². The molecule has 1 unspecified atom stereocenters. The Morgan fingerprint density at radius 1 is 1.24 bits per heavy atom. The van der Waals surface area contributed by atoms with Gasteiger partial charge in [0.15, 0.2) is 12.1 Å². The third-order valence-corrected chi connectivity index (χ3v) is 3.88. The zero-order valence-electron chi connectivity index (χ0n) is 14.0. The van der Waals surface area contributed by atoms with E-state index in [-0.39, 0.29) is 37.1 Å². The summed E-state index contributed by atoms with van der Waals surface area (Å²) in [5.74, 6) is -0.738. The summed E-state index contributed by atoms with van der Waals surface area (Å²) in [6.45, 7) is 3.06. The minimum absolute atomic E-state index is 0.104. The van der Waals surface area contributed by atoms with Crippen LogP contribution in [-0.4, -0.2) is 58.5 Å². The van der Waals surface area contributed by atoms with Crippen LogP contribution in [0.1, 0.15) is 31.3 Å². The van der Waals surface area contributed by atoms with Crippen molar-refractivity contribution in [2.75, 3.05) is 6.61 Å². The van der Waals surface area contributed by atoms with E-state index in [1.807, 2.05) is 6.92 Å². The number of aliphatic hydroxyl groups excluding tert-OH is 3. The lowest BCUT2D eigenvalue weighted by Crippen LogP contribution is -2.64. The Morgan fingerprint density at radius 3 is 2.56 bits per heavy atom. The van der Waals surface area contributed by atoms with E-state index in [2.05, 4.69) is 9.73 Å². The summed E-state index contributed by atoms with van der Waals surface area (Å²) in [7, 11) is 0. The van der Waals surface area contributed by atoms with Crippen molar-refractivity contribution in [2.24, 2.45) is 0 Å². The van der Waals surface area contributed by atoms with Gasteiger partial charge in [-0.3, -0.25) is 4.79 Å². The maximum Gasteiger partial charge on any atom is 0.519 e. The molecular weight excluding hydrogens is 338 g/mol. The highest BCUT2D eigenvalue weighted by atomic mass is 16.6. The topological polar surface area (TPSA) is 152 Å². The molecule has 1 aliphatic heterocycles. The van der Waals surface area contributed by atoms with Crippen LogP contribution in [0.2, 0.25) is 0 Å². The fraction of sp³-hybridized carbons (Fsp3) is 0.733. The Morgan fingerprint density at radius 2 is 1.96 bits per heavy atom. The fourth-order valence-electron chi connectivity index (χ4n) is 2.50. The molecule has 0 aromatic carbocycles. The van der Waals surface area contributed by atoms with E-state index in [9.17, 15) is 24.9 Å². The summed E-state index contributed by atoms with van der Waals surface area (Å²) in [6.07, 6.45) is -4.49. The van der Waals surface area contributed by atoms with Gasteiger partial charge in [0.25, 0.3) is 0 Å². The number of aliphatic hydroxyl groups is 3. The number of aryl methyl sites for hydroxylation is 1. The first-order valence-corrected chi connectivity index (χ1v) is 7.99. The van der Waals surface area contributed by atoms with Crippen LogP contribution in [0.5, 0.6) is 0 Å². The molecule has 0 saturated carbocycles. The highest BCUT2D eigenvalue weighted by Crippen LogP contribution is 2.21. The van der Waals surface area contributed by atoms with Gasteiger partial charge < -0.3 is 38.9 Å². The molecule has 5 atom stereocenters. The van der Waals surface area contributed by atoms with Gasteiger partial charge in [0, 0.05) is 6.42 Å². The minimum atomic E-state index is -1.50. The first kappa shape index (κ1) is 19.6. The number of nitrogens with one attached hydrogen (secondary N) is 1. The van der Waals surface area contributed by atoms with E-state index < -0.39 is 36.5 Å². The van der Waals surface area contributed by atoms with Crippen LogP contribution in [0.25, 0.3) is 0 Å². The summed E-state index contributed by atoms with van der Waals surface area (Å²) in [4.78, 5) is 22.5. The Bertz CT molecular complexity index is 625. The van der Waals surface area contributed by atoms with Crippen molar-refractivity contribution in [3.63, 3.8) is 0 Å². The van der Waals surface area contributed by atoms with Crippen LogP contribution in [0.4, 0.5) is 0 Å². The molecule has 4 N–H and O–H groups in total. The lowest BCUT2D eigenvalue weighted by atomic mass is 9.97. The molecule has 2 heterocycles. The van der Waals surface area contributed by atoms with Gasteiger partial charge in [-0.15, -0.1) is 0 Å². The van der Waals surface area contributed by atoms with Crippen molar-refractivity contribution in [2.45, 2.75) is 63.9 Å². The van der Waals surface area contributed by atoms with E-state index in [0.717, 1.165) is 0 Å². The predicted octanol–water partition coefficient (Wildman–Crippen LogP) is -1.22. The van der Waals surface area contributed by atoms with Crippen molar-refractivity contribution in [1.82, 2.24) is 5.32 Å². The molecule has 0 spiro atoms. The normalized spacial score (nSPS) is 29.6. The number of amides is 1. The van der Waals surface area contributed by atoms with E-state index in [1.165, 1.54) is 6.92 Å². The molecular formula is C15H23NO9. The molecule has 2 rings (SSSR count). The second-order valence-electron chi connectivity index (χ2n) is 5.84. The number of hydrogen-bond donors (Lipinski definition) is 4. The zero-order chi connectivity index (χ0) is 18.6. The van der Waals surface area contributed by atoms with E-state index in [1.54, 1.807) is 0 Å². The van der Waals surface area contributed by atoms with Crippen LogP contribution in [0, 0.1) is 6.92 Å². The summed E-state index contributed by atoms with van der Waals surface area (Å²) in [5.41, 5.74) is 0. The molecule has 1 aromatic heterocycles. The first-order chi connectivity index (χ1) is 11.8. The number of carbonyl (C=O) groups excluding carboxylic acids is 1. The maximum atomic E-state index is 11.6. The van der Waals surface area contributed by atoms with Gasteiger partial charge in [0.2, 0.25) is 5.91 Å². The smallest absolute Gasteiger partial charge is 0.396 e. The van der Waals surface area contributed by atoms with Gasteiger partial charge in [-0.1, -0.05) is 6.92 Å². The SMILES string of the molecule is CCCC(=O)N[C@H]1C(O)O[C@H](COCc2oc(=O)oc2C)[C@@H](O)[C@@H]1O. The Labute approximate surface area is 143 Å². The number of rotatable bonds is 7. The maximum absolute atomic E-state index is 11.6. The highest BCUT2D eigenvalue weighted by Gasteiger charge is 2.44. The largest absolute Gasteiger partial charge is 0.519 e. The monoisotopic (exact) mass is 361 g/mol. The van der Waals surface area contributed by atoms with Crippen molar-refractivity contribution < 1.29 is 38.4 Å². The standard InChI is InChI=1S/C15H23NO9/c1-3-4-10(17)16-11-13(19)12(18)9(24-14(11)20)6-22-5-8-7(2)23-15(21)25-8/h9,11-14,18-20H,3-6H2,1-2H3,(H,16,17)/t9-,11-,12-,13-,14?/m1/s1. The van der Waals surface area contributed by atoms with Crippen LogP contribution in [0.15, 0.2) is 13.6 Å². The van der Waals surface area contributed by atoms with Crippen LogP contribution < -0.4 is 11.1 Å². The van der Waals surface area contributed by atoms with Gasteiger partial charge in [-0.05, 0) is 13.3 Å². The number of ether oxygens (including phenoxy) is 2. The van der Waals surface area contributed by atoms with Crippen LogP contribution in [0.3, 0.4) is 0 Å². The molecule has 0 radical (unpaired) electrons. The van der Waals surface area contributed by atoms with E-state index in [0.29, 0.717) is 6.42 Å². The predicted molar refractivity (Wildman–Crippen MR) is 81.4 cm³/mol. The lowest BCUT2D eigenvalue weighted by Gasteiger charge is -2.40.